The fourth-order valence-electron chi connectivity index (χ4n) is 3.78. The number of benzene rings is 2. The smallest absolute Gasteiger partial charge is 0.162 e. The van der Waals surface area contributed by atoms with Gasteiger partial charge in [0.25, 0.3) is 0 Å². The van der Waals surface area contributed by atoms with E-state index in [1.807, 2.05) is 19.9 Å². The van der Waals surface area contributed by atoms with E-state index in [9.17, 15) is 0 Å². The van der Waals surface area contributed by atoms with Crippen molar-refractivity contribution in [1.29, 1.82) is 0 Å². The van der Waals surface area contributed by atoms with Gasteiger partial charge in [-0.1, -0.05) is 12.1 Å². The number of nitrogens with one attached hydrogen (secondary N) is 2. The van der Waals surface area contributed by atoms with E-state index in [1.54, 1.807) is 29.8 Å². The molecule has 136 valence electrons. The lowest BCUT2D eigenvalue weighted by molar-refractivity contribution is 0.517. The quantitative estimate of drug-likeness (QED) is 0.533. The summed E-state index contributed by atoms with van der Waals surface area (Å²) in [5.74, 6) is -0.187. The van der Waals surface area contributed by atoms with Gasteiger partial charge < -0.3 is 5.32 Å². The fourth-order valence-corrected chi connectivity index (χ4v) is 3.78. The first-order chi connectivity index (χ1) is 12.9. The first-order valence-electron chi connectivity index (χ1n) is 8.54. The Labute approximate surface area is 153 Å². The van der Waals surface area contributed by atoms with Crippen molar-refractivity contribution in [3.05, 3.63) is 53.7 Å². The summed E-state index contributed by atoms with van der Waals surface area (Å²) in [4.78, 5) is 0. The molecule has 0 bridgehead atoms. The van der Waals surface area contributed by atoms with Gasteiger partial charge in [-0.3, -0.25) is 9.67 Å². The van der Waals surface area contributed by atoms with Crippen molar-refractivity contribution in [1.82, 2.24) is 25.0 Å². The fraction of sp³-hybridized carbons (Fsp3) is 0.211. The number of H-pyrrole nitrogens is 1. The standard InChI is InChI=1S/C19H16F2N6/c1-9-24-26-18-19(2,3)23-14-7-12(20)15(16(21)17(14)27(9)18)10-5-4-6-13-11(10)8-22-25-13/h4-8,23H,1-3H3,(H,22,25). The third-order valence-corrected chi connectivity index (χ3v) is 5.00. The largest absolute Gasteiger partial charge is 0.371 e. The zero-order chi connectivity index (χ0) is 18.9. The molecule has 0 amide bonds. The molecule has 0 radical (unpaired) electrons. The number of fused-ring (bicyclic) bond motifs is 4. The Kier molecular flexibility index (Phi) is 3.02. The minimum atomic E-state index is -0.661. The second-order valence-corrected chi connectivity index (χ2v) is 7.24. The molecule has 0 atom stereocenters. The summed E-state index contributed by atoms with van der Waals surface area (Å²) >= 11 is 0. The number of nitrogens with zero attached hydrogens (tertiary/aromatic N) is 4. The molecule has 2 N–H and O–H groups in total. The lowest BCUT2D eigenvalue weighted by Gasteiger charge is -2.34. The summed E-state index contributed by atoms with van der Waals surface area (Å²) in [5.41, 5.74) is 1.04. The number of aromatic amines is 1. The SMILES string of the molecule is Cc1nnc2n1-c1c(cc(F)c(-c3cccc4[nH]ncc34)c1F)NC2(C)C. The number of aromatic nitrogens is 5. The summed E-state index contributed by atoms with van der Waals surface area (Å²) in [6, 6.07) is 6.57. The molecule has 0 saturated heterocycles. The van der Waals surface area contributed by atoms with Crippen LogP contribution in [0.5, 0.6) is 0 Å². The first kappa shape index (κ1) is 15.9. The van der Waals surface area contributed by atoms with Crippen LogP contribution in [0.25, 0.3) is 27.7 Å². The Balaban J connectivity index is 1.87. The average molecular weight is 366 g/mol. The minimum absolute atomic E-state index is 0.0960. The molecule has 0 aliphatic carbocycles. The molecule has 5 rings (SSSR count). The van der Waals surface area contributed by atoms with Crippen LogP contribution in [0.4, 0.5) is 14.5 Å². The van der Waals surface area contributed by atoms with Gasteiger partial charge >= 0.3 is 0 Å². The van der Waals surface area contributed by atoms with E-state index in [0.717, 1.165) is 0 Å². The Morgan fingerprint density at radius 2 is 1.96 bits per heavy atom. The molecular formula is C19H16F2N6. The van der Waals surface area contributed by atoms with Gasteiger partial charge in [-0.2, -0.15) is 5.10 Å². The highest BCUT2D eigenvalue weighted by Crippen LogP contribution is 2.43. The maximum atomic E-state index is 15.7. The maximum Gasteiger partial charge on any atom is 0.162 e. The number of anilines is 1. The highest BCUT2D eigenvalue weighted by Gasteiger charge is 2.37. The number of hydrogen-bond donors (Lipinski definition) is 2. The van der Waals surface area contributed by atoms with Gasteiger partial charge in [0.2, 0.25) is 0 Å². The molecule has 3 heterocycles. The van der Waals surface area contributed by atoms with Crippen LogP contribution in [0.1, 0.15) is 25.5 Å². The van der Waals surface area contributed by atoms with Gasteiger partial charge in [0.05, 0.1) is 28.5 Å². The van der Waals surface area contributed by atoms with E-state index < -0.39 is 17.2 Å². The van der Waals surface area contributed by atoms with Gasteiger partial charge in [-0.05, 0) is 32.4 Å². The first-order valence-corrected chi connectivity index (χ1v) is 8.54. The Hall–Kier alpha value is -3.29. The molecule has 8 heteroatoms. The van der Waals surface area contributed by atoms with E-state index in [4.69, 9.17) is 0 Å². The van der Waals surface area contributed by atoms with Crippen molar-refractivity contribution >= 4 is 16.6 Å². The second-order valence-electron chi connectivity index (χ2n) is 7.24. The van der Waals surface area contributed by atoms with E-state index in [-0.39, 0.29) is 11.3 Å². The van der Waals surface area contributed by atoms with Crippen LogP contribution in [0.2, 0.25) is 0 Å². The molecule has 0 spiro atoms. The van der Waals surface area contributed by atoms with E-state index in [1.165, 1.54) is 6.07 Å². The van der Waals surface area contributed by atoms with E-state index >= 15 is 8.78 Å². The molecule has 6 nitrogen and oxygen atoms in total. The summed E-state index contributed by atoms with van der Waals surface area (Å²) < 4.78 is 32.4. The predicted molar refractivity (Wildman–Crippen MR) is 97.7 cm³/mol. The Morgan fingerprint density at radius 1 is 1.15 bits per heavy atom. The lowest BCUT2D eigenvalue weighted by atomic mass is 9.95. The molecule has 0 unspecified atom stereocenters. The van der Waals surface area contributed by atoms with Crippen molar-refractivity contribution in [3.8, 4) is 16.8 Å². The number of halogens is 2. The van der Waals surface area contributed by atoms with Gasteiger partial charge in [0.15, 0.2) is 11.6 Å². The topological polar surface area (TPSA) is 71.4 Å². The van der Waals surface area contributed by atoms with Crippen LogP contribution >= 0.6 is 0 Å². The monoisotopic (exact) mass is 366 g/mol. The summed E-state index contributed by atoms with van der Waals surface area (Å²) in [5, 5.41) is 18.9. The van der Waals surface area contributed by atoms with Crippen LogP contribution < -0.4 is 5.32 Å². The van der Waals surface area contributed by atoms with Crippen molar-refractivity contribution in [2.24, 2.45) is 0 Å². The highest BCUT2D eigenvalue weighted by molar-refractivity contribution is 5.95. The normalized spacial score (nSPS) is 14.7. The van der Waals surface area contributed by atoms with Gasteiger partial charge in [-0.15, -0.1) is 10.2 Å². The lowest BCUT2D eigenvalue weighted by Crippen LogP contribution is -2.36. The zero-order valence-corrected chi connectivity index (χ0v) is 14.9. The molecule has 1 aliphatic heterocycles. The number of aryl methyl sites for hydroxylation is 1. The molecule has 27 heavy (non-hydrogen) atoms. The predicted octanol–water partition coefficient (Wildman–Crippen LogP) is 4.06. The molecule has 1 aliphatic rings. The van der Waals surface area contributed by atoms with E-state index in [2.05, 4.69) is 25.7 Å². The van der Waals surface area contributed by atoms with Crippen LogP contribution in [-0.4, -0.2) is 25.0 Å². The van der Waals surface area contributed by atoms with Crippen LogP contribution in [0.3, 0.4) is 0 Å². The van der Waals surface area contributed by atoms with Crippen molar-refractivity contribution in [2.45, 2.75) is 26.3 Å². The molecule has 2 aromatic carbocycles. The van der Waals surface area contributed by atoms with Crippen LogP contribution in [0.15, 0.2) is 30.5 Å². The molecule has 0 saturated carbocycles. The van der Waals surface area contributed by atoms with E-state index in [0.29, 0.717) is 33.8 Å². The third-order valence-electron chi connectivity index (χ3n) is 5.00. The highest BCUT2D eigenvalue weighted by atomic mass is 19.1. The number of hydrogen-bond acceptors (Lipinski definition) is 4. The van der Waals surface area contributed by atoms with Gasteiger partial charge in [0.1, 0.15) is 17.3 Å². The van der Waals surface area contributed by atoms with Crippen molar-refractivity contribution < 1.29 is 8.78 Å². The summed E-state index contributed by atoms with van der Waals surface area (Å²) in [7, 11) is 0. The molecule has 2 aromatic heterocycles. The molecular weight excluding hydrogens is 350 g/mol. The minimum Gasteiger partial charge on any atom is -0.371 e. The summed E-state index contributed by atoms with van der Waals surface area (Å²) in [6.45, 7) is 5.54. The average Bonchev–Trinajstić information content (AvgIpc) is 3.22. The zero-order valence-electron chi connectivity index (χ0n) is 14.9. The molecule has 4 aromatic rings. The van der Waals surface area contributed by atoms with Gasteiger partial charge in [-0.25, -0.2) is 8.78 Å². The van der Waals surface area contributed by atoms with Crippen LogP contribution in [-0.2, 0) is 5.54 Å². The molecule has 0 fully saturated rings. The van der Waals surface area contributed by atoms with Crippen molar-refractivity contribution in [2.75, 3.05) is 5.32 Å². The summed E-state index contributed by atoms with van der Waals surface area (Å²) in [6.07, 6.45) is 1.57. The number of rotatable bonds is 1. The van der Waals surface area contributed by atoms with Crippen molar-refractivity contribution in [3.63, 3.8) is 0 Å². The Bertz CT molecular complexity index is 1220. The third kappa shape index (κ3) is 2.06. The Morgan fingerprint density at radius 3 is 2.78 bits per heavy atom. The van der Waals surface area contributed by atoms with Gasteiger partial charge in [0, 0.05) is 11.5 Å². The second kappa shape index (κ2) is 5.12. The van der Waals surface area contributed by atoms with Crippen LogP contribution in [0, 0.1) is 18.6 Å². The maximum absolute atomic E-state index is 15.7.